The Hall–Kier alpha value is -4.49. The minimum Gasteiger partial charge on any atom is -0.380 e. The van der Waals surface area contributed by atoms with Crippen LogP contribution in [0.15, 0.2) is 66.0 Å². The van der Waals surface area contributed by atoms with E-state index in [0.717, 1.165) is 56.1 Å². The lowest BCUT2D eigenvalue weighted by Crippen LogP contribution is -2.46. The van der Waals surface area contributed by atoms with Crippen molar-refractivity contribution in [1.82, 2.24) is 9.88 Å². The molecular formula is C27H30N8O2. The molecule has 2 aromatic carbocycles. The van der Waals surface area contributed by atoms with Crippen LogP contribution in [-0.4, -0.2) is 48.5 Å². The average molecular weight is 499 g/mol. The number of aromatic nitrogens is 1. The lowest BCUT2D eigenvalue weighted by molar-refractivity contribution is 0.100. The maximum Gasteiger partial charge on any atom is 0.252 e. The van der Waals surface area contributed by atoms with Crippen molar-refractivity contribution in [2.45, 2.75) is 19.4 Å². The normalized spacial score (nSPS) is 13.5. The number of pyridine rings is 1. The van der Waals surface area contributed by atoms with Crippen molar-refractivity contribution < 1.29 is 4.79 Å². The fourth-order valence-electron chi connectivity index (χ4n) is 4.30. The summed E-state index contributed by atoms with van der Waals surface area (Å²) in [5.74, 6) is -0.0195. The van der Waals surface area contributed by atoms with E-state index in [9.17, 15) is 9.70 Å². The monoisotopic (exact) mass is 498 g/mol. The van der Waals surface area contributed by atoms with Gasteiger partial charge >= 0.3 is 0 Å². The van der Waals surface area contributed by atoms with Crippen molar-refractivity contribution in [2.24, 2.45) is 10.9 Å². The molecule has 10 nitrogen and oxygen atoms in total. The zero-order valence-electron chi connectivity index (χ0n) is 20.6. The predicted octanol–water partition coefficient (Wildman–Crippen LogP) is 4.36. The first kappa shape index (κ1) is 25.6. The summed E-state index contributed by atoms with van der Waals surface area (Å²) in [6.45, 7) is 5.26. The molecule has 0 bridgehead atoms. The number of piperazine rings is 1. The summed E-state index contributed by atoms with van der Waals surface area (Å²) in [7, 11) is 0. The molecule has 37 heavy (non-hydrogen) atoms. The van der Waals surface area contributed by atoms with Crippen molar-refractivity contribution in [1.29, 1.82) is 5.26 Å². The Morgan fingerprint density at radius 3 is 2.59 bits per heavy atom. The van der Waals surface area contributed by atoms with Crippen molar-refractivity contribution in [3.8, 4) is 6.07 Å². The van der Waals surface area contributed by atoms with Gasteiger partial charge in [-0.3, -0.25) is 9.69 Å². The molecule has 1 aliphatic heterocycles. The number of hydrogen-bond acceptors (Lipinski definition) is 9. The Kier molecular flexibility index (Phi) is 8.62. The zero-order chi connectivity index (χ0) is 26.0. The molecule has 1 aliphatic rings. The predicted molar refractivity (Wildman–Crippen MR) is 145 cm³/mol. The van der Waals surface area contributed by atoms with E-state index < -0.39 is 5.91 Å². The van der Waals surface area contributed by atoms with Crippen LogP contribution in [0.2, 0.25) is 0 Å². The molecule has 0 aliphatic carbocycles. The molecule has 190 valence electrons. The number of nitrogens with two attached hydrogens (primary N) is 1. The molecule has 0 radical (unpaired) electrons. The number of amides is 1. The number of primary amides is 1. The smallest absolute Gasteiger partial charge is 0.252 e. The number of unbranched alkanes of at least 4 members (excludes halogenated alkanes) is 1. The van der Waals surface area contributed by atoms with Crippen molar-refractivity contribution in [3.05, 3.63) is 76.8 Å². The lowest BCUT2D eigenvalue weighted by Gasteiger charge is -2.36. The van der Waals surface area contributed by atoms with Crippen LogP contribution in [0.3, 0.4) is 0 Å². The Morgan fingerprint density at radius 2 is 1.89 bits per heavy atom. The molecule has 1 fully saturated rings. The Balaban J connectivity index is 1.38. The Bertz CT molecular complexity index is 1260. The van der Waals surface area contributed by atoms with Crippen molar-refractivity contribution >= 4 is 34.5 Å². The van der Waals surface area contributed by atoms with Crippen LogP contribution < -0.4 is 21.3 Å². The van der Waals surface area contributed by atoms with Crippen LogP contribution >= 0.6 is 0 Å². The number of nitriles is 1. The number of anilines is 4. The molecular weight excluding hydrogens is 468 g/mol. The van der Waals surface area contributed by atoms with E-state index in [2.05, 4.69) is 48.8 Å². The molecule has 0 saturated carbocycles. The highest BCUT2D eigenvalue weighted by atomic mass is 16.3. The first-order valence-corrected chi connectivity index (χ1v) is 12.2. The van der Waals surface area contributed by atoms with Crippen LogP contribution in [0.4, 0.5) is 28.6 Å². The zero-order valence-corrected chi connectivity index (χ0v) is 20.6. The topological polar surface area (TPSA) is 140 Å². The van der Waals surface area contributed by atoms with Gasteiger partial charge < -0.3 is 21.3 Å². The van der Waals surface area contributed by atoms with Gasteiger partial charge in [0.25, 0.3) is 5.91 Å². The highest BCUT2D eigenvalue weighted by molar-refractivity contribution is 5.98. The number of carbonyl (C=O) groups is 1. The van der Waals surface area contributed by atoms with E-state index in [-0.39, 0.29) is 5.56 Å². The summed E-state index contributed by atoms with van der Waals surface area (Å²) in [4.78, 5) is 31.8. The van der Waals surface area contributed by atoms with Gasteiger partial charge in [0.05, 0.1) is 17.3 Å². The summed E-state index contributed by atoms with van der Waals surface area (Å²) in [6, 6.07) is 19.0. The molecule has 0 unspecified atom stereocenters. The van der Waals surface area contributed by atoms with Gasteiger partial charge in [-0.15, -0.1) is 4.91 Å². The lowest BCUT2D eigenvalue weighted by atomic mass is 10.1. The fraction of sp³-hybridized carbons (Fsp3) is 0.296. The van der Waals surface area contributed by atoms with Crippen molar-refractivity contribution in [3.63, 3.8) is 0 Å². The summed E-state index contributed by atoms with van der Waals surface area (Å²) in [6.07, 6.45) is 2.98. The molecule has 10 heteroatoms. The molecule has 3 aromatic rings. The van der Waals surface area contributed by atoms with Gasteiger partial charge in [-0.05, 0) is 60.1 Å². The molecule has 0 spiro atoms. The van der Waals surface area contributed by atoms with Gasteiger partial charge in [-0.2, -0.15) is 5.26 Å². The summed E-state index contributed by atoms with van der Waals surface area (Å²) < 4.78 is 0. The maximum absolute atomic E-state index is 11.9. The molecule has 0 atom stereocenters. The molecule has 1 aromatic heterocycles. The molecule has 2 heterocycles. The van der Waals surface area contributed by atoms with Gasteiger partial charge in [0.1, 0.15) is 11.5 Å². The number of carbonyl (C=O) groups excluding carboxylic acids is 1. The second kappa shape index (κ2) is 12.5. The second-order valence-electron chi connectivity index (χ2n) is 8.86. The van der Waals surface area contributed by atoms with E-state index >= 15 is 0 Å². The van der Waals surface area contributed by atoms with E-state index in [1.807, 2.05) is 18.2 Å². The minimum absolute atomic E-state index is 0.275. The van der Waals surface area contributed by atoms with Crippen LogP contribution in [-0.2, 0) is 6.54 Å². The highest BCUT2D eigenvalue weighted by Crippen LogP contribution is 2.25. The summed E-state index contributed by atoms with van der Waals surface area (Å²) in [5, 5.41) is 18.2. The minimum atomic E-state index is -0.584. The quantitative estimate of drug-likeness (QED) is 0.262. The number of rotatable bonds is 11. The fourth-order valence-corrected chi connectivity index (χ4v) is 4.30. The van der Waals surface area contributed by atoms with E-state index in [1.54, 1.807) is 24.3 Å². The van der Waals surface area contributed by atoms with Gasteiger partial charge in [0.15, 0.2) is 0 Å². The number of nitrogens with zero attached hydrogens (tertiary/aromatic N) is 5. The highest BCUT2D eigenvalue weighted by Gasteiger charge is 2.17. The SMILES string of the molecule is N#CCCCN1CCN(c2ccc(Nc3cc(NCc4cccc(N=O)c4)c(C(N)=O)cn3)cc2)CC1. The summed E-state index contributed by atoms with van der Waals surface area (Å²) >= 11 is 0. The Morgan fingerprint density at radius 1 is 1.11 bits per heavy atom. The van der Waals surface area contributed by atoms with Crippen LogP contribution in [0.25, 0.3) is 0 Å². The third kappa shape index (κ3) is 7.02. The van der Waals surface area contributed by atoms with Crippen LogP contribution in [0.1, 0.15) is 28.8 Å². The molecule has 4 rings (SSSR count). The van der Waals surface area contributed by atoms with E-state index in [1.165, 1.54) is 6.20 Å². The standard InChI is InChI=1S/C27H30N8O2/c28-10-1-2-11-34-12-14-35(15-13-34)23-8-6-21(7-9-23)32-26-17-25(24(19-31-26)27(29)36)30-18-20-4-3-5-22(16-20)33-37/h3-9,16-17,19H,1-2,11-15,18H2,(H2,29,36)(H2,30,31,32). The number of nitrogens with one attached hydrogen (secondary N) is 2. The van der Waals surface area contributed by atoms with Crippen LogP contribution in [0.5, 0.6) is 0 Å². The number of hydrogen-bond donors (Lipinski definition) is 3. The van der Waals surface area contributed by atoms with Gasteiger partial charge in [-0.25, -0.2) is 4.98 Å². The molecule has 1 saturated heterocycles. The van der Waals surface area contributed by atoms with E-state index in [0.29, 0.717) is 30.2 Å². The summed E-state index contributed by atoms with van der Waals surface area (Å²) in [5.41, 5.74) is 9.57. The number of benzene rings is 2. The average Bonchev–Trinajstić information content (AvgIpc) is 2.93. The van der Waals surface area contributed by atoms with Gasteiger partial charge in [0.2, 0.25) is 0 Å². The molecule has 1 amide bonds. The first-order valence-electron chi connectivity index (χ1n) is 12.2. The van der Waals surface area contributed by atoms with Crippen LogP contribution in [0, 0.1) is 16.2 Å². The second-order valence-corrected chi connectivity index (χ2v) is 8.86. The Labute approximate surface area is 216 Å². The van der Waals surface area contributed by atoms with E-state index in [4.69, 9.17) is 11.0 Å². The third-order valence-electron chi connectivity index (χ3n) is 6.31. The van der Waals surface area contributed by atoms with Gasteiger partial charge in [-0.1, -0.05) is 12.1 Å². The van der Waals surface area contributed by atoms with Crippen molar-refractivity contribution in [2.75, 3.05) is 48.3 Å². The van der Waals surface area contributed by atoms with Gasteiger partial charge in [0, 0.05) is 62.8 Å². The largest absolute Gasteiger partial charge is 0.380 e. The maximum atomic E-state index is 11.9. The third-order valence-corrected chi connectivity index (χ3v) is 6.31. The first-order chi connectivity index (χ1) is 18.1. The molecule has 4 N–H and O–H groups in total. The number of nitroso groups, excluding NO2 is 1.